The highest BCUT2D eigenvalue weighted by Gasteiger charge is 2.45. The second-order valence-electron chi connectivity index (χ2n) is 8.71. The first-order valence-electron chi connectivity index (χ1n) is 10.6. The molecule has 1 aromatic carbocycles. The second kappa shape index (κ2) is 8.58. The van der Waals surface area contributed by atoms with Crippen LogP contribution in [0.3, 0.4) is 0 Å². The highest BCUT2D eigenvalue weighted by molar-refractivity contribution is 5.36. The smallest absolute Gasteiger partial charge is 0.119 e. The monoisotopic (exact) mass is 343 g/mol. The first-order valence-corrected chi connectivity index (χ1v) is 10.6. The molecular weight excluding hydrogens is 306 g/mol. The van der Waals surface area contributed by atoms with E-state index in [1.807, 2.05) is 0 Å². The van der Waals surface area contributed by atoms with Crippen molar-refractivity contribution in [2.45, 2.75) is 71.1 Å². The summed E-state index contributed by atoms with van der Waals surface area (Å²) in [6.07, 6.45) is 9.26. The quantitative estimate of drug-likeness (QED) is 0.634. The standard InChI is InChI=1S/C23H37NO/c1-4-16-25-22-10-5-8-20(17-22)23-12-6-9-21(23)18-24(14-7-13-23)15-11-19(2)3/h5,8,10,17,19,21H,4,6-7,9,11-16,18H2,1-3H3. The van der Waals surface area contributed by atoms with Crippen LogP contribution in [0.4, 0.5) is 0 Å². The molecule has 0 radical (unpaired) electrons. The molecule has 1 saturated heterocycles. The summed E-state index contributed by atoms with van der Waals surface area (Å²) in [6, 6.07) is 9.08. The van der Waals surface area contributed by atoms with Crippen molar-refractivity contribution >= 4 is 0 Å². The van der Waals surface area contributed by atoms with E-state index < -0.39 is 0 Å². The maximum absolute atomic E-state index is 5.94. The molecule has 1 aliphatic carbocycles. The molecule has 140 valence electrons. The highest BCUT2D eigenvalue weighted by Crippen LogP contribution is 2.51. The van der Waals surface area contributed by atoms with Gasteiger partial charge in [0.2, 0.25) is 0 Å². The third-order valence-electron chi connectivity index (χ3n) is 6.44. The molecule has 0 N–H and O–H groups in total. The summed E-state index contributed by atoms with van der Waals surface area (Å²) in [6.45, 7) is 11.6. The Morgan fingerprint density at radius 2 is 2.08 bits per heavy atom. The summed E-state index contributed by atoms with van der Waals surface area (Å²) in [5.41, 5.74) is 1.95. The van der Waals surface area contributed by atoms with E-state index in [9.17, 15) is 0 Å². The number of hydrogen-bond donors (Lipinski definition) is 0. The third-order valence-corrected chi connectivity index (χ3v) is 6.44. The summed E-state index contributed by atoms with van der Waals surface area (Å²) in [5.74, 6) is 2.70. The number of benzene rings is 1. The summed E-state index contributed by atoms with van der Waals surface area (Å²) in [5, 5.41) is 0. The summed E-state index contributed by atoms with van der Waals surface area (Å²) in [4.78, 5) is 2.76. The molecule has 2 aliphatic rings. The largest absolute Gasteiger partial charge is 0.494 e. The van der Waals surface area contributed by atoms with Crippen molar-refractivity contribution in [2.75, 3.05) is 26.2 Å². The van der Waals surface area contributed by atoms with Crippen molar-refractivity contribution in [3.63, 3.8) is 0 Å². The van der Waals surface area contributed by atoms with E-state index in [0.29, 0.717) is 5.41 Å². The van der Waals surface area contributed by atoms with E-state index in [1.165, 1.54) is 58.2 Å². The Balaban J connectivity index is 1.77. The van der Waals surface area contributed by atoms with Crippen molar-refractivity contribution in [3.8, 4) is 5.75 Å². The lowest BCUT2D eigenvalue weighted by atomic mass is 9.69. The molecule has 25 heavy (non-hydrogen) atoms. The molecule has 2 heteroatoms. The fourth-order valence-electron chi connectivity index (χ4n) is 5.04. The number of rotatable bonds is 7. The lowest BCUT2D eigenvalue weighted by Gasteiger charge is -2.36. The van der Waals surface area contributed by atoms with Crippen LogP contribution in [0.15, 0.2) is 24.3 Å². The van der Waals surface area contributed by atoms with Crippen LogP contribution in [-0.2, 0) is 5.41 Å². The molecule has 1 aromatic rings. The minimum absolute atomic E-state index is 0.401. The molecule has 0 spiro atoms. The van der Waals surface area contributed by atoms with Gasteiger partial charge in [-0.15, -0.1) is 0 Å². The number of ether oxygens (including phenoxy) is 1. The zero-order valence-corrected chi connectivity index (χ0v) is 16.6. The molecule has 0 bridgehead atoms. The van der Waals surface area contributed by atoms with Gasteiger partial charge in [0.25, 0.3) is 0 Å². The van der Waals surface area contributed by atoms with Gasteiger partial charge in [-0.25, -0.2) is 0 Å². The first kappa shape index (κ1) is 18.8. The van der Waals surface area contributed by atoms with Gasteiger partial charge in [-0.1, -0.05) is 39.3 Å². The maximum atomic E-state index is 5.94. The molecule has 2 nitrogen and oxygen atoms in total. The normalized spacial score (nSPS) is 27.3. The molecule has 2 unspecified atom stereocenters. The Morgan fingerprint density at radius 1 is 1.24 bits per heavy atom. The van der Waals surface area contributed by atoms with Crippen molar-refractivity contribution in [1.29, 1.82) is 0 Å². The summed E-state index contributed by atoms with van der Waals surface area (Å²) in [7, 11) is 0. The molecule has 2 fully saturated rings. The van der Waals surface area contributed by atoms with Gasteiger partial charge in [-0.3, -0.25) is 0 Å². The molecule has 2 atom stereocenters. The highest BCUT2D eigenvalue weighted by atomic mass is 16.5. The zero-order chi connectivity index (χ0) is 17.7. The lowest BCUT2D eigenvalue weighted by molar-refractivity contribution is 0.212. The second-order valence-corrected chi connectivity index (χ2v) is 8.71. The zero-order valence-electron chi connectivity index (χ0n) is 16.6. The van der Waals surface area contributed by atoms with Crippen LogP contribution in [0.5, 0.6) is 5.75 Å². The number of hydrogen-bond acceptors (Lipinski definition) is 2. The minimum atomic E-state index is 0.401. The van der Waals surface area contributed by atoms with Gasteiger partial charge in [-0.05, 0) is 86.6 Å². The molecule has 1 heterocycles. The van der Waals surface area contributed by atoms with Crippen molar-refractivity contribution in [1.82, 2.24) is 4.90 Å². The average molecular weight is 344 g/mol. The predicted octanol–water partition coefficient (Wildman–Crippen LogP) is 5.66. The van der Waals surface area contributed by atoms with Crippen molar-refractivity contribution in [2.24, 2.45) is 11.8 Å². The van der Waals surface area contributed by atoms with Crippen molar-refractivity contribution < 1.29 is 4.74 Å². The number of likely N-dealkylation sites (tertiary alicyclic amines) is 1. The van der Waals surface area contributed by atoms with Gasteiger partial charge in [-0.2, -0.15) is 0 Å². The van der Waals surface area contributed by atoms with Crippen LogP contribution < -0.4 is 4.74 Å². The Morgan fingerprint density at radius 3 is 2.88 bits per heavy atom. The topological polar surface area (TPSA) is 12.5 Å². The molecule has 3 rings (SSSR count). The van der Waals surface area contributed by atoms with Crippen LogP contribution in [0.2, 0.25) is 0 Å². The van der Waals surface area contributed by atoms with Gasteiger partial charge in [0, 0.05) is 6.54 Å². The minimum Gasteiger partial charge on any atom is -0.494 e. The van der Waals surface area contributed by atoms with Gasteiger partial charge in [0.05, 0.1) is 6.61 Å². The Labute approximate surface area is 154 Å². The van der Waals surface area contributed by atoms with Crippen molar-refractivity contribution in [3.05, 3.63) is 29.8 Å². The fourth-order valence-corrected chi connectivity index (χ4v) is 5.04. The van der Waals surface area contributed by atoms with Crippen LogP contribution in [0.25, 0.3) is 0 Å². The Kier molecular flexibility index (Phi) is 6.44. The van der Waals surface area contributed by atoms with E-state index in [4.69, 9.17) is 4.74 Å². The van der Waals surface area contributed by atoms with Gasteiger partial charge < -0.3 is 9.64 Å². The molecule has 0 aromatic heterocycles. The first-order chi connectivity index (χ1) is 12.1. The fraction of sp³-hybridized carbons (Fsp3) is 0.739. The lowest BCUT2D eigenvalue weighted by Crippen LogP contribution is -2.36. The van der Waals surface area contributed by atoms with Gasteiger partial charge in [0.1, 0.15) is 5.75 Å². The van der Waals surface area contributed by atoms with Crippen LogP contribution in [0.1, 0.15) is 71.3 Å². The van der Waals surface area contributed by atoms with Crippen LogP contribution >= 0.6 is 0 Å². The van der Waals surface area contributed by atoms with Crippen LogP contribution in [-0.4, -0.2) is 31.1 Å². The van der Waals surface area contributed by atoms with E-state index in [-0.39, 0.29) is 0 Å². The van der Waals surface area contributed by atoms with E-state index in [1.54, 1.807) is 5.56 Å². The molecule has 1 aliphatic heterocycles. The maximum Gasteiger partial charge on any atom is 0.119 e. The van der Waals surface area contributed by atoms with E-state index in [2.05, 4.69) is 49.9 Å². The van der Waals surface area contributed by atoms with E-state index in [0.717, 1.165) is 30.6 Å². The average Bonchev–Trinajstić information content (AvgIpc) is 2.93. The number of fused-ring (bicyclic) bond motifs is 1. The summed E-state index contributed by atoms with van der Waals surface area (Å²) < 4.78 is 5.94. The Hall–Kier alpha value is -1.02. The Bertz CT molecular complexity index is 541. The molecule has 1 saturated carbocycles. The van der Waals surface area contributed by atoms with Gasteiger partial charge in [0.15, 0.2) is 0 Å². The van der Waals surface area contributed by atoms with E-state index >= 15 is 0 Å². The molecule has 0 amide bonds. The SMILES string of the molecule is CCCOc1cccc(C23CCCC2CN(CCC(C)C)CCC3)c1. The molecular formula is C23H37NO. The van der Waals surface area contributed by atoms with Crippen LogP contribution in [0, 0.1) is 11.8 Å². The third kappa shape index (κ3) is 4.39. The van der Waals surface area contributed by atoms with Gasteiger partial charge >= 0.3 is 0 Å². The number of nitrogens with zero attached hydrogens (tertiary/aromatic N) is 1. The predicted molar refractivity (Wildman–Crippen MR) is 106 cm³/mol. The summed E-state index contributed by atoms with van der Waals surface area (Å²) >= 11 is 0.